The third kappa shape index (κ3) is 5.33. The first kappa shape index (κ1) is 19.4. The van der Waals surface area contributed by atoms with Crippen LogP contribution in [0.25, 0.3) is 0 Å². The molecule has 1 aliphatic rings. The number of rotatable bonds is 8. The van der Waals surface area contributed by atoms with E-state index in [0.29, 0.717) is 23.7 Å². The molecule has 0 aromatic heterocycles. The molecule has 0 radical (unpaired) electrons. The van der Waals surface area contributed by atoms with Crippen molar-refractivity contribution in [3.05, 3.63) is 71.8 Å². The highest BCUT2D eigenvalue weighted by Crippen LogP contribution is 2.40. The lowest BCUT2D eigenvalue weighted by atomic mass is 10.1. The lowest BCUT2D eigenvalue weighted by molar-refractivity contribution is -0.0749. The molecule has 5 heteroatoms. The van der Waals surface area contributed by atoms with E-state index in [1.54, 1.807) is 0 Å². The van der Waals surface area contributed by atoms with Gasteiger partial charge in [-0.1, -0.05) is 92.5 Å². The van der Waals surface area contributed by atoms with Gasteiger partial charge in [-0.2, -0.15) is 0 Å². The number of ether oxygens (including phenoxy) is 2. The van der Waals surface area contributed by atoms with Gasteiger partial charge in [0.1, 0.15) is 0 Å². The highest BCUT2D eigenvalue weighted by Gasteiger charge is 2.44. The van der Waals surface area contributed by atoms with Crippen molar-refractivity contribution in [1.29, 1.82) is 0 Å². The van der Waals surface area contributed by atoms with E-state index in [9.17, 15) is 0 Å². The van der Waals surface area contributed by atoms with Crippen molar-refractivity contribution in [2.45, 2.75) is 35.9 Å². The van der Waals surface area contributed by atoms with Gasteiger partial charge < -0.3 is 9.47 Å². The first-order valence-corrected chi connectivity index (χ1v) is 11.6. The maximum atomic E-state index is 6.33. The minimum atomic E-state index is 0.0795. The van der Waals surface area contributed by atoms with Crippen molar-refractivity contribution in [1.82, 2.24) is 0 Å². The van der Waals surface area contributed by atoms with Crippen LogP contribution in [0, 0.1) is 0 Å². The molecule has 1 fully saturated rings. The van der Waals surface area contributed by atoms with Crippen LogP contribution < -0.4 is 0 Å². The normalized spacial score (nSPS) is 26.0. The summed E-state index contributed by atoms with van der Waals surface area (Å²) in [5.41, 5.74) is 2.40. The van der Waals surface area contributed by atoms with Crippen LogP contribution in [0.3, 0.4) is 0 Å². The summed E-state index contributed by atoms with van der Waals surface area (Å²) in [4.78, 5) is 0. The molecule has 1 aliphatic heterocycles. The van der Waals surface area contributed by atoms with Crippen LogP contribution in [0.4, 0.5) is 0 Å². The molecule has 3 rings (SSSR count). The third-order valence-electron chi connectivity index (χ3n) is 4.28. The van der Waals surface area contributed by atoms with Gasteiger partial charge in [-0.05, 0) is 11.1 Å². The van der Waals surface area contributed by atoms with Crippen LogP contribution in [0.5, 0.6) is 0 Å². The molecule has 0 aliphatic carbocycles. The van der Waals surface area contributed by atoms with E-state index in [0.717, 1.165) is 10.7 Å². The lowest BCUT2D eigenvalue weighted by Gasteiger charge is -2.25. The maximum Gasteiger partial charge on any atom is 0.0979 e. The van der Waals surface area contributed by atoms with Crippen molar-refractivity contribution in [3.63, 3.8) is 0 Å². The van der Waals surface area contributed by atoms with Crippen LogP contribution in [0.2, 0.25) is 0 Å². The Balaban J connectivity index is 1.66. The summed E-state index contributed by atoms with van der Waals surface area (Å²) in [6.45, 7) is 1.24. The summed E-state index contributed by atoms with van der Waals surface area (Å²) in [5, 5.41) is 2.61. The molecule has 4 atom stereocenters. The molecule has 2 aromatic carbocycles. The summed E-state index contributed by atoms with van der Waals surface area (Å²) in [6, 6.07) is 20.7. The largest absolute Gasteiger partial charge is 0.370 e. The van der Waals surface area contributed by atoms with Gasteiger partial charge in [0.15, 0.2) is 0 Å². The summed E-state index contributed by atoms with van der Waals surface area (Å²) in [7, 11) is 0. The van der Waals surface area contributed by atoms with Crippen LogP contribution in [-0.4, -0.2) is 33.4 Å². The molecule has 1 heterocycles. The van der Waals surface area contributed by atoms with Gasteiger partial charge in [0, 0.05) is 21.2 Å². The maximum absolute atomic E-state index is 6.33. The number of hydrogen-bond acceptors (Lipinski definition) is 3. The average Bonchev–Trinajstić information content (AvgIpc) is 3.03. The van der Waals surface area contributed by atoms with Crippen molar-refractivity contribution in [2.24, 2.45) is 0 Å². The van der Waals surface area contributed by atoms with E-state index >= 15 is 0 Å². The smallest absolute Gasteiger partial charge is 0.0979 e. The van der Waals surface area contributed by atoms with Gasteiger partial charge in [0.2, 0.25) is 0 Å². The summed E-state index contributed by atoms with van der Waals surface area (Å²) in [6.07, 6.45) is 0.159. The number of thioether (sulfide) groups is 1. The molecular weight excluding hydrogens is 464 g/mol. The Bertz CT molecular complexity index is 571. The zero-order valence-electron chi connectivity index (χ0n) is 13.9. The Morgan fingerprint density at radius 2 is 1.08 bits per heavy atom. The zero-order chi connectivity index (χ0) is 17.5. The second-order valence-electron chi connectivity index (χ2n) is 6.04. The van der Waals surface area contributed by atoms with E-state index < -0.39 is 0 Å². The Morgan fingerprint density at radius 1 is 0.680 bits per heavy atom. The average molecular weight is 486 g/mol. The molecule has 0 amide bonds. The van der Waals surface area contributed by atoms with Gasteiger partial charge in [-0.25, -0.2) is 0 Å². The second-order valence-corrected chi connectivity index (χ2v) is 8.82. The van der Waals surface area contributed by atoms with E-state index in [1.165, 1.54) is 11.1 Å². The van der Waals surface area contributed by atoms with Crippen LogP contribution in [0.15, 0.2) is 60.7 Å². The molecule has 0 spiro atoms. The summed E-state index contributed by atoms with van der Waals surface area (Å²) in [5.74, 6) is 0. The molecule has 2 nitrogen and oxygen atoms in total. The van der Waals surface area contributed by atoms with Crippen LogP contribution in [-0.2, 0) is 22.7 Å². The van der Waals surface area contributed by atoms with E-state index in [2.05, 4.69) is 80.4 Å². The first-order valence-electron chi connectivity index (χ1n) is 8.40. The fourth-order valence-electron chi connectivity index (χ4n) is 2.99. The van der Waals surface area contributed by atoms with Gasteiger partial charge in [-0.3, -0.25) is 0 Å². The van der Waals surface area contributed by atoms with Crippen LogP contribution in [0.1, 0.15) is 11.1 Å². The van der Waals surface area contributed by atoms with Crippen molar-refractivity contribution in [3.8, 4) is 0 Å². The highest BCUT2D eigenvalue weighted by molar-refractivity contribution is 9.09. The predicted molar refractivity (Wildman–Crippen MR) is 113 cm³/mol. The lowest BCUT2D eigenvalue weighted by Crippen LogP contribution is -2.38. The van der Waals surface area contributed by atoms with E-state index in [-0.39, 0.29) is 12.2 Å². The number of halogens is 2. The van der Waals surface area contributed by atoms with Crippen molar-refractivity contribution >= 4 is 43.6 Å². The molecular formula is C20H22Br2O2S. The number of alkyl halides is 2. The van der Waals surface area contributed by atoms with Crippen molar-refractivity contribution < 1.29 is 9.47 Å². The number of benzene rings is 2. The molecule has 0 unspecified atom stereocenters. The molecule has 1 saturated heterocycles. The topological polar surface area (TPSA) is 18.5 Å². The number of hydrogen-bond donors (Lipinski definition) is 0. The van der Waals surface area contributed by atoms with Gasteiger partial charge in [0.25, 0.3) is 0 Å². The quantitative estimate of drug-likeness (QED) is 0.464. The molecule has 0 N–H and O–H groups in total. The Morgan fingerprint density at radius 3 is 1.44 bits per heavy atom. The summed E-state index contributed by atoms with van der Waals surface area (Å²) >= 11 is 9.26. The van der Waals surface area contributed by atoms with Crippen LogP contribution >= 0.6 is 43.6 Å². The van der Waals surface area contributed by atoms with Gasteiger partial charge in [0.05, 0.1) is 25.4 Å². The zero-order valence-corrected chi connectivity index (χ0v) is 17.9. The summed E-state index contributed by atoms with van der Waals surface area (Å²) < 4.78 is 12.7. The molecule has 25 heavy (non-hydrogen) atoms. The molecule has 2 aromatic rings. The minimum absolute atomic E-state index is 0.0795. The van der Waals surface area contributed by atoms with Crippen molar-refractivity contribution in [2.75, 3.05) is 10.7 Å². The molecule has 0 saturated carbocycles. The predicted octanol–water partition coefficient (Wildman–Crippen LogP) is 5.43. The van der Waals surface area contributed by atoms with Gasteiger partial charge in [-0.15, -0.1) is 11.8 Å². The first-order chi connectivity index (χ1) is 12.3. The Labute approximate surface area is 170 Å². The highest BCUT2D eigenvalue weighted by atomic mass is 79.9. The second kappa shape index (κ2) is 10.1. The van der Waals surface area contributed by atoms with Gasteiger partial charge >= 0.3 is 0 Å². The monoisotopic (exact) mass is 484 g/mol. The molecule has 134 valence electrons. The SMILES string of the molecule is BrC[C@H]1S[C@H](CBr)[C@@H](OCc2ccccc2)[C@@H]1OCc1ccccc1. The minimum Gasteiger partial charge on any atom is -0.370 e. The van der Waals surface area contributed by atoms with E-state index in [1.807, 2.05) is 23.9 Å². The molecule has 0 bridgehead atoms. The Kier molecular flexibility index (Phi) is 7.87. The standard InChI is InChI=1S/C20H22Br2O2S/c21-11-17-19(23-13-15-7-3-1-4-8-15)20(18(12-22)25-17)24-14-16-9-5-2-6-10-16/h1-10,17-20H,11-14H2/t17-,18-,19-,20-/m1/s1. The Hall–Kier alpha value is -0.330. The third-order valence-corrected chi connectivity index (χ3v) is 8.10. The fourth-order valence-corrected chi connectivity index (χ4v) is 6.01. The van der Waals surface area contributed by atoms with E-state index in [4.69, 9.17) is 9.47 Å². The fraction of sp³-hybridized carbons (Fsp3) is 0.400.